The zero-order chi connectivity index (χ0) is 22.4. The van der Waals surface area contributed by atoms with Crippen LogP contribution in [0.15, 0.2) is 60.9 Å². The Labute approximate surface area is 181 Å². The van der Waals surface area contributed by atoms with Crippen molar-refractivity contribution < 1.29 is 9.53 Å². The van der Waals surface area contributed by atoms with E-state index in [1.165, 1.54) is 12.3 Å². The van der Waals surface area contributed by atoms with Gasteiger partial charge < -0.3 is 15.8 Å². The molecule has 0 saturated carbocycles. The number of ether oxygens (including phenoxy) is 1. The summed E-state index contributed by atoms with van der Waals surface area (Å²) < 4.78 is 5.52. The molecule has 2 aromatic heterocycles. The highest BCUT2D eigenvalue weighted by Crippen LogP contribution is 2.20. The number of hydrogen-bond donors (Lipinski definition) is 4. The van der Waals surface area contributed by atoms with Crippen LogP contribution in [0.3, 0.4) is 0 Å². The summed E-state index contributed by atoms with van der Waals surface area (Å²) in [6.45, 7) is 5.73. The fourth-order valence-electron chi connectivity index (χ4n) is 2.92. The number of amides is 2. The molecule has 2 amide bonds. The first-order valence-electron chi connectivity index (χ1n) is 9.93. The van der Waals surface area contributed by atoms with E-state index in [-0.39, 0.29) is 17.9 Å². The lowest BCUT2D eigenvalue weighted by molar-refractivity contribution is 0.232. The molecule has 0 aliphatic heterocycles. The number of nitrogen functional groups attached to an aromatic ring is 1. The Morgan fingerprint density at radius 3 is 2.42 bits per heavy atom. The molecule has 31 heavy (non-hydrogen) atoms. The van der Waals surface area contributed by atoms with Crippen molar-refractivity contribution in [1.82, 2.24) is 15.3 Å². The van der Waals surface area contributed by atoms with Gasteiger partial charge in [-0.15, -0.1) is 0 Å². The third-order valence-corrected chi connectivity index (χ3v) is 4.48. The van der Waals surface area contributed by atoms with Crippen LogP contribution in [0.25, 0.3) is 0 Å². The molecule has 8 heteroatoms. The molecule has 5 N–H and O–H groups in total. The molecule has 0 fully saturated rings. The number of hydrogen-bond acceptors (Lipinski definition) is 6. The second kappa shape index (κ2) is 9.71. The first-order valence-corrected chi connectivity index (χ1v) is 9.93. The highest BCUT2D eigenvalue weighted by Gasteiger charge is 2.14. The van der Waals surface area contributed by atoms with Gasteiger partial charge in [0.2, 0.25) is 5.88 Å². The summed E-state index contributed by atoms with van der Waals surface area (Å²) >= 11 is 0. The van der Waals surface area contributed by atoms with Gasteiger partial charge in [0.1, 0.15) is 5.82 Å². The van der Waals surface area contributed by atoms with Gasteiger partial charge >= 0.3 is 6.03 Å². The number of carbonyl (C=O) groups excluding carboxylic acids is 1. The third kappa shape index (κ3) is 5.79. The van der Waals surface area contributed by atoms with E-state index >= 15 is 0 Å². The number of nitrogens with zero attached hydrogens (tertiary/aromatic N) is 2. The Kier molecular flexibility index (Phi) is 6.81. The maximum absolute atomic E-state index is 12.3. The molecule has 2 heterocycles. The quantitative estimate of drug-likeness (QED) is 0.429. The monoisotopic (exact) mass is 418 g/mol. The fraction of sp³-hybridized carbons (Fsp3) is 0.217. The van der Waals surface area contributed by atoms with Crippen molar-refractivity contribution in [2.75, 3.05) is 11.1 Å². The molecule has 3 rings (SSSR count). The normalized spacial score (nSPS) is 11.6. The maximum atomic E-state index is 12.3. The van der Waals surface area contributed by atoms with E-state index in [1.54, 1.807) is 18.3 Å². The highest BCUT2D eigenvalue weighted by atomic mass is 16.5. The van der Waals surface area contributed by atoms with E-state index in [4.69, 9.17) is 15.9 Å². The Bertz CT molecular complexity index is 1050. The van der Waals surface area contributed by atoms with E-state index in [0.717, 1.165) is 5.56 Å². The van der Waals surface area contributed by atoms with Crippen molar-refractivity contribution in [1.29, 1.82) is 5.41 Å². The zero-order valence-corrected chi connectivity index (χ0v) is 17.7. The molecule has 1 aromatic carbocycles. The summed E-state index contributed by atoms with van der Waals surface area (Å²) in [5.41, 5.74) is 8.66. The zero-order valence-electron chi connectivity index (χ0n) is 17.7. The van der Waals surface area contributed by atoms with Crippen LogP contribution in [0.1, 0.15) is 43.5 Å². The van der Waals surface area contributed by atoms with Crippen molar-refractivity contribution in [3.8, 4) is 5.88 Å². The average Bonchev–Trinajstić information content (AvgIpc) is 2.74. The molecule has 160 valence electrons. The molecular formula is C23H26N6O2. The Hall–Kier alpha value is -3.94. The number of urea groups is 1. The number of pyridine rings is 2. The Morgan fingerprint density at radius 2 is 1.81 bits per heavy atom. The SMILES string of the molecule is CC(C)Oc1ccc(C(=N)c2cnc(NC(=O)N[C@H](C)c3ccccc3)cc2N)cn1. The van der Waals surface area contributed by atoms with Crippen molar-refractivity contribution in [2.45, 2.75) is 32.9 Å². The molecule has 0 aliphatic rings. The summed E-state index contributed by atoms with van der Waals surface area (Å²) in [7, 11) is 0. The number of aromatic nitrogens is 2. The minimum atomic E-state index is -0.393. The summed E-state index contributed by atoms with van der Waals surface area (Å²) in [5, 5.41) is 14.0. The van der Waals surface area contributed by atoms with Gasteiger partial charge in [0.05, 0.1) is 17.9 Å². The van der Waals surface area contributed by atoms with E-state index in [9.17, 15) is 4.79 Å². The second-order valence-corrected chi connectivity index (χ2v) is 7.31. The van der Waals surface area contributed by atoms with Crippen LogP contribution in [0.5, 0.6) is 5.88 Å². The fourth-order valence-corrected chi connectivity index (χ4v) is 2.92. The van der Waals surface area contributed by atoms with Gasteiger partial charge in [-0.25, -0.2) is 14.8 Å². The van der Waals surface area contributed by atoms with Gasteiger partial charge in [0.25, 0.3) is 0 Å². The van der Waals surface area contributed by atoms with Gasteiger partial charge in [-0.2, -0.15) is 0 Å². The number of nitrogens with two attached hydrogens (primary N) is 1. The van der Waals surface area contributed by atoms with Crippen LogP contribution in [0.4, 0.5) is 16.3 Å². The van der Waals surface area contributed by atoms with Crippen molar-refractivity contribution in [3.05, 3.63) is 77.6 Å². The molecule has 0 unspecified atom stereocenters. The van der Waals surface area contributed by atoms with Crippen molar-refractivity contribution in [2.24, 2.45) is 0 Å². The van der Waals surface area contributed by atoms with Gasteiger partial charge in [-0.1, -0.05) is 30.3 Å². The highest BCUT2D eigenvalue weighted by molar-refractivity contribution is 6.13. The lowest BCUT2D eigenvalue weighted by atomic mass is 10.0. The van der Waals surface area contributed by atoms with Crippen LogP contribution in [0, 0.1) is 5.41 Å². The van der Waals surface area contributed by atoms with Gasteiger partial charge in [-0.05, 0) is 32.4 Å². The summed E-state index contributed by atoms with van der Waals surface area (Å²) in [6, 6.07) is 14.1. The van der Waals surface area contributed by atoms with Crippen LogP contribution in [-0.2, 0) is 0 Å². The molecule has 0 radical (unpaired) electrons. The predicted molar refractivity (Wildman–Crippen MR) is 122 cm³/mol. The molecular weight excluding hydrogens is 392 g/mol. The number of anilines is 2. The van der Waals surface area contributed by atoms with Gasteiger partial charge in [-0.3, -0.25) is 10.7 Å². The Morgan fingerprint density at radius 1 is 1.06 bits per heavy atom. The lowest BCUT2D eigenvalue weighted by Gasteiger charge is -2.15. The predicted octanol–water partition coefficient (Wildman–Crippen LogP) is 4.14. The summed E-state index contributed by atoms with van der Waals surface area (Å²) in [4.78, 5) is 20.7. The molecule has 0 spiro atoms. The van der Waals surface area contributed by atoms with Gasteiger partial charge in [0.15, 0.2) is 0 Å². The Balaban J connectivity index is 1.65. The first kappa shape index (κ1) is 21.8. The topological polar surface area (TPSA) is 126 Å². The minimum Gasteiger partial charge on any atom is -0.475 e. The number of benzene rings is 1. The van der Waals surface area contributed by atoms with Crippen molar-refractivity contribution >= 4 is 23.2 Å². The number of rotatable bonds is 7. The van der Waals surface area contributed by atoms with E-state index in [2.05, 4.69) is 20.6 Å². The van der Waals surface area contributed by atoms with Crippen LogP contribution < -0.4 is 21.1 Å². The van der Waals surface area contributed by atoms with Gasteiger partial charge in [0, 0.05) is 41.3 Å². The largest absolute Gasteiger partial charge is 0.475 e. The first-order chi connectivity index (χ1) is 14.8. The molecule has 0 bridgehead atoms. The maximum Gasteiger partial charge on any atom is 0.320 e. The van der Waals surface area contributed by atoms with Crippen LogP contribution in [-0.4, -0.2) is 27.8 Å². The smallest absolute Gasteiger partial charge is 0.320 e. The molecule has 8 nitrogen and oxygen atoms in total. The average molecular weight is 419 g/mol. The van der Waals surface area contributed by atoms with E-state index in [0.29, 0.717) is 28.5 Å². The standard InChI is InChI=1S/C23H26N6O2/c1-14(2)31-21-10-9-17(12-27-21)22(25)18-13-26-20(11-19(18)24)29-23(30)28-15(3)16-7-5-4-6-8-16/h4-15,25H,1-3H3,(H4,24,26,28,29,30)/t15-/m1/s1. The van der Waals surface area contributed by atoms with E-state index in [1.807, 2.05) is 51.1 Å². The molecule has 3 aromatic rings. The minimum absolute atomic E-state index is 0.0190. The van der Waals surface area contributed by atoms with Crippen LogP contribution >= 0.6 is 0 Å². The van der Waals surface area contributed by atoms with E-state index < -0.39 is 6.03 Å². The molecule has 0 aliphatic carbocycles. The summed E-state index contributed by atoms with van der Waals surface area (Å²) in [6.07, 6.45) is 3.04. The second-order valence-electron chi connectivity index (χ2n) is 7.31. The van der Waals surface area contributed by atoms with Crippen molar-refractivity contribution in [3.63, 3.8) is 0 Å². The number of nitrogens with one attached hydrogen (secondary N) is 3. The molecule has 0 saturated heterocycles. The molecule has 1 atom stereocenters. The van der Waals surface area contributed by atoms with Crippen LogP contribution in [0.2, 0.25) is 0 Å². The number of carbonyl (C=O) groups is 1. The third-order valence-electron chi connectivity index (χ3n) is 4.48. The lowest BCUT2D eigenvalue weighted by Crippen LogP contribution is -2.31. The summed E-state index contributed by atoms with van der Waals surface area (Å²) in [5.74, 6) is 0.790.